The van der Waals surface area contributed by atoms with Gasteiger partial charge in [0.05, 0.1) is 5.56 Å². The fraction of sp³-hybridized carbons (Fsp3) is 0.455. The lowest BCUT2D eigenvalue weighted by Crippen LogP contribution is -2.24. The van der Waals surface area contributed by atoms with Gasteiger partial charge in [-0.2, -0.15) is 13.2 Å². The van der Waals surface area contributed by atoms with Crippen LogP contribution in [0.3, 0.4) is 0 Å². The first kappa shape index (κ1) is 28.7. The monoisotopic (exact) mass is 510 g/mol. The number of anilines is 2. The van der Waals surface area contributed by atoms with E-state index in [-0.39, 0.29) is 24.8 Å². The van der Waals surface area contributed by atoms with Crippen LogP contribution in [0, 0.1) is 0 Å². The highest BCUT2D eigenvalue weighted by atomic mass is 35.5. The van der Waals surface area contributed by atoms with E-state index in [4.69, 9.17) is 5.73 Å². The molecule has 4 N–H and O–H groups in total. The average molecular weight is 511 g/mol. The molecule has 0 unspecified atom stereocenters. The molecule has 2 aromatic rings. The number of nitrogens with two attached hydrogens (primary N) is 1. The van der Waals surface area contributed by atoms with Gasteiger partial charge < -0.3 is 21.3 Å². The van der Waals surface area contributed by atoms with Crippen LogP contribution < -0.4 is 21.3 Å². The summed E-state index contributed by atoms with van der Waals surface area (Å²) in [7, 11) is 2.01. The molecular weight excluding hydrogens is 480 g/mol. The zero-order chi connectivity index (χ0) is 21.7. The van der Waals surface area contributed by atoms with Gasteiger partial charge in [0.15, 0.2) is 0 Å². The summed E-state index contributed by atoms with van der Waals surface area (Å²) in [6.07, 6.45) is -2.94. The molecule has 0 radical (unpaired) electrons. The van der Waals surface area contributed by atoms with Crippen molar-refractivity contribution in [3.05, 3.63) is 47.0 Å². The quantitative estimate of drug-likeness (QED) is 0.336. The Morgan fingerprint density at radius 2 is 1.81 bits per heavy atom. The highest BCUT2D eigenvalue weighted by Crippen LogP contribution is 2.46. The number of hydrogen-bond acceptors (Lipinski definition) is 5. The molecule has 2 aromatic carbocycles. The molecule has 1 aliphatic rings. The van der Waals surface area contributed by atoms with Gasteiger partial charge in [-0.05, 0) is 55.3 Å². The molecule has 3 rings (SSSR count). The summed E-state index contributed by atoms with van der Waals surface area (Å²) < 4.78 is 40.5. The Morgan fingerprint density at radius 3 is 2.47 bits per heavy atom. The lowest BCUT2D eigenvalue weighted by Gasteiger charge is -2.26. The molecule has 1 aliphatic heterocycles. The zero-order valence-corrected chi connectivity index (χ0v) is 20.7. The molecule has 180 valence electrons. The van der Waals surface area contributed by atoms with E-state index in [1.165, 1.54) is 23.9 Å². The number of rotatable bonds is 9. The molecule has 0 bridgehead atoms. The van der Waals surface area contributed by atoms with Crippen LogP contribution in [0.2, 0.25) is 0 Å². The van der Waals surface area contributed by atoms with Crippen LogP contribution in [0.15, 0.2) is 40.1 Å². The number of hydrogen-bond donors (Lipinski definition) is 3. The molecule has 32 heavy (non-hydrogen) atoms. The maximum absolute atomic E-state index is 13.5. The minimum Gasteiger partial charge on any atom is -0.385 e. The molecule has 1 heterocycles. The van der Waals surface area contributed by atoms with Crippen molar-refractivity contribution in [3.63, 3.8) is 0 Å². The minimum absolute atomic E-state index is 0. The van der Waals surface area contributed by atoms with E-state index in [1.54, 1.807) is 0 Å². The first-order valence-electron chi connectivity index (χ1n) is 10.2. The van der Waals surface area contributed by atoms with Crippen LogP contribution in [0.4, 0.5) is 24.5 Å². The summed E-state index contributed by atoms with van der Waals surface area (Å²) in [4.78, 5) is 3.82. The molecule has 0 aliphatic carbocycles. The fourth-order valence-corrected chi connectivity index (χ4v) is 4.60. The summed E-state index contributed by atoms with van der Waals surface area (Å²) >= 11 is 1.43. The van der Waals surface area contributed by atoms with Gasteiger partial charge in [0.1, 0.15) is 0 Å². The number of nitrogens with one attached hydrogen (secondary N) is 2. The van der Waals surface area contributed by atoms with E-state index in [1.807, 2.05) is 7.05 Å². The highest BCUT2D eigenvalue weighted by molar-refractivity contribution is 7.99. The zero-order valence-electron chi connectivity index (χ0n) is 18.2. The standard InChI is InChI=1S/C22H29F3N4S.2ClH/c1-3-29(2)17-6-5-15-11-18-19(28-9-4-8-27-10-7-26)12-16(22(23,24)25)13-21(18)30-20(15)14-17;;/h5-6,12-14,27-28H,3-4,7-11,26H2,1-2H3;2*1H. The van der Waals surface area contributed by atoms with Gasteiger partial charge in [-0.15, -0.1) is 24.8 Å². The SMILES string of the molecule is CCN(C)c1ccc2c(c1)Sc1cc(C(F)(F)F)cc(NCCCNCCN)c1C2.Cl.Cl. The smallest absolute Gasteiger partial charge is 0.385 e. The van der Waals surface area contributed by atoms with Crippen molar-refractivity contribution in [2.75, 3.05) is 50.0 Å². The fourth-order valence-electron chi connectivity index (χ4n) is 3.42. The third kappa shape index (κ3) is 7.09. The second-order valence-corrected chi connectivity index (χ2v) is 8.49. The average Bonchev–Trinajstić information content (AvgIpc) is 2.72. The van der Waals surface area contributed by atoms with Crippen LogP contribution in [0.25, 0.3) is 0 Å². The molecule has 0 aromatic heterocycles. The third-order valence-corrected chi connectivity index (χ3v) is 6.44. The molecule has 0 fully saturated rings. The summed E-state index contributed by atoms with van der Waals surface area (Å²) in [6, 6.07) is 8.77. The molecule has 0 amide bonds. The van der Waals surface area contributed by atoms with Crippen molar-refractivity contribution in [2.45, 2.75) is 35.7 Å². The molecule has 0 atom stereocenters. The Kier molecular flexibility index (Phi) is 11.5. The Labute approximate surface area is 204 Å². The van der Waals surface area contributed by atoms with Crippen LogP contribution in [-0.2, 0) is 12.6 Å². The van der Waals surface area contributed by atoms with Gasteiger partial charge >= 0.3 is 6.18 Å². The van der Waals surface area contributed by atoms with Gasteiger partial charge in [0, 0.05) is 60.8 Å². The summed E-state index contributed by atoms with van der Waals surface area (Å²) in [5.74, 6) is 0. The lowest BCUT2D eigenvalue weighted by molar-refractivity contribution is -0.137. The Morgan fingerprint density at radius 1 is 1.06 bits per heavy atom. The number of benzene rings is 2. The Bertz CT molecular complexity index is 881. The number of halogens is 5. The van der Waals surface area contributed by atoms with Crippen LogP contribution >= 0.6 is 36.6 Å². The second kappa shape index (κ2) is 12.8. The molecule has 10 heteroatoms. The van der Waals surface area contributed by atoms with E-state index >= 15 is 0 Å². The Hall–Kier alpha value is -1.32. The van der Waals surface area contributed by atoms with Gasteiger partial charge in [-0.25, -0.2) is 0 Å². The third-order valence-electron chi connectivity index (χ3n) is 5.26. The van der Waals surface area contributed by atoms with E-state index in [0.717, 1.165) is 47.8 Å². The minimum atomic E-state index is -4.38. The number of nitrogens with zero attached hydrogens (tertiary/aromatic N) is 1. The normalized spacial score (nSPS) is 12.2. The van der Waals surface area contributed by atoms with Crippen LogP contribution in [-0.4, -0.2) is 39.8 Å². The van der Waals surface area contributed by atoms with E-state index in [0.29, 0.717) is 30.1 Å². The predicted octanol–water partition coefficient (Wildman–Crippen LogP) is 5.41. The van der Waals surface area contributed by atoms with Gasteiger partial charge in [0.2, 0.25) is 0 Å². The van der Waals surface area contributed by atoms with Gasteiger partial charge in [-0.3, -0.25) is 0 Å². The number of alkyl halides is 3. The summed E-state index contributed by atoms with van der Waals surface area (Å²) in [5.41, 5.74) is 8.57. The maximum Gasteiger partial charge on any atom is 0.416 e. The topological polar surface area (TPSA) is 53.3 Å². The largest absolute Gasteiger partial charge is 0.416 e. The van der Waals surface area contributed by atoms with Crippen LogP contribution in [0.5, 0.6) is 0 Å². The highest BCUT2D eigenvalue weighted by Gasteiger charge is 2.33. The summed E-state index contributed by atoms with van der Waals surface area (Å²) in [5, 5.41) is 6.44. The van der Waals surface area contributed by atoms with Crippen molar-refractivity contribution in [3.8, 4) is 0 Å². The van der Waals surface area contributed by atoms with Crippen molar-refractivity contribution in [1.82, 2.24) is 5.32 Å². The Balaban J connectivity index is 0.00000256. The lowest BCUT2D eigenvalue weighted by atomic mass is 9.99. The van der Waals surface area contributed by atoms with Gasteiger partial charge in [0.25, 0.3) is 0 Å². The van der Waals surface area contributed by atoms with Crippen molar-refractivity contribution in [2.24, 2.45) is 5.73 Å². The second-order valence-electron chi connectivity index (χ2n) is 7.40. The van der Waals surface area contributed by atoms with E-state index < -0.39 is 11.7 Å². The first-order valence-corrected chi connectivity index (χ1v) is 11.1. The van der Waals surface area contributed by atoms with Crippen molar-refractivity contribution < 1.29 is 13.2 Å². The number of fused-ring (bicyclic) bond motifs is 2. The molecule has 0 saturated carbocycles. The van der Waals surface area contributed by atoms with Crippen LogP contribution in [0.1, 0.15) is 30.0 Å². The van der Waals surface area contributed by atoms with E-state index in [9.17, 15) is 13.2 Å². The molecule has 0 saturated heterocycles. The first-order chi connectivity index (χ1) is 14.3. The van der Waals surface area contributed by atoms with Crippen molar-refractivity contribution in [1.29, 1.82) is 0 Å². The van der Waals surface area contributed by atoms with Crippen molar-refractivity contribution >= 4 is 48.0 Å². The predicted molar refractivity (Wildman–Crippen MR) is 133 cm³/mol. The molecular formula is C22H31Cl2F3N4S. The maximum atomic E-state index is 13.5. The van der Waals surface area contributed by atoms with E-state index in [2.05, 4.69) is 40.7 Å². The molecule has 0 spiro atoms. The van der Waals surface area contributed by atoms with Gasteiger partial charge in [-0.1, -0.05) is 17.8 Å². The summed E-state index contributed by atoms with van der Waals surface area (Å²) in [6.45, 7) is 5.62. The molecule has 4 nitrogen and oxygen atoms in total.